The molecular weight excluding hydrogens is 1190 g/mol. The zero-order valence-electron chi connectivity index (χ0n) is 69.4. The fourth-order valence-corrected chi connectivity index (χ4v) is 11.3. The number of methoxy groups -OCH3 is 1. The minimum absolute atomic E-state index is 0.0509. The summed E-state index contributed by atoms with van der Waals surface area (Å²) in [7, 11) is 5.62. The lowest BCUT2D eigenvalue weighted by Crippen LogP contribution is -2.40. The summed E-state index contributed by atoms with van der Waals surface area (Å²) in [5, 5.41) is 10.9. The van der Waals surface area contributed by atoms with Crippen LogP contribution >= 0.6 is 0 Å². The van der Waals surface area contributed by atoms with Crippen LogP contribution in [0.3, 0.4) is 0 Å². The zero-order valence-corrected chi connectivity index (χ0v) is 69.4. The molecule has 2 saturated carbocycles. The molecule has 6 unspecified atom stereocenters. The minimum Gasteiger partial charge on any atom is -0.375 e. The Morgan fingerprint density at radius 1 is 0.722 bits per heavy atom. The molecular formula is C87H166N6O4. The van der Waals surface area contributed by atoms with Gasteiger partial charge in [0.15, 0.2) is 0 Å². The average molecular weight is 1360 g/mol. The largest absolute Gasteiger partial charge is 0.375 e. The van der Waals surface area contributed by atoms with Gasteiger partial charge in [-0.15, -0.1) is 0 Å². The predicted octanol–water partition coefficient (Wildman–Crippen LogP) is 23.8. The number of likely N-dealkylation sites (N-methyl/N-ethyl adjacent to an activating group) is 1. The molecule has 2 aromatic heterocycles. The topological polar surface area (TPSA) is 118 Å². The van der Waals surface area contributed by atoms with E-state index < -0.39 is 0 Å². The molecule has 1 saturated heterocycles. The van der Waals surface area contributed by atoms with Crippen molar-refractivity contribution in [3.8, 4) is 11.3 Å². The predicted molar refractivity (Wildman–Crippen MR) is 434 cm³/mol. The molecule has 97 heavy (non-hydrogen) atoms. The minimum atomic E-state index is -0.0661. The Bertz CT molecular complexity index is 2270. The van der Waals surface area contributed by atoms with E-state index in [2.05, 4.69) is 214 Å². The van der Waals surface area contributed by atoms with E-state index in [1.54, 1.807) is 7.11 Å². The maximum atomic E-state index is 11.3. The fraction of sp³-hybridized carbons (Fsp3) is 0.793. The van der Waals surface area contributed by atoms with Crippen molar-refractivity contribution in [1.82, 2.24) is 30.4 Å². The second-order valence-electron chi connectivity index (χ2n) is 29.2. The number of likely N-dealkylation sites (tertiary alicyclic amines) is 1. The lowest BCUT2D eigenvalue weighted by Gasteiger charge is -2.28. The van der Waals surface area contributed by atoms with Gasteiger partial charge in [-0.25, -0.2) is 0 Å². The number of benzene rings is 1. The smallest absolute Gasteiger partial charge is 0.137 e. The van der Waals surface area contributed by atoms with Gasteiger partial charge in [-0.05, 0) is 194 Å². The molecule has 3 aliphatic rings. The SMILES string of the molecule is CC.CCC.CCC.CCC(C)CC.CCC(C)CC(C=O)NC.CCC(C)CCCCNC.CCC/C=C/c1ccc2c(c1)c(CC(C)(C)CC)c(-c1cc(CCC)cnc1C(C)OC)n2CC.CCCC(C)C.CCNCC1CCN(C(C=O)C2CCCC2)C1.O=CC1CC1. The van der Waals surface area contributed by atoms with Gasteiger partial charge in [-0.2, -0.15) is 0 Å². The number of nitrogens with one attached hydrogen (secondary N) is 3. The maximum Gasteiger partial charge on any atom is 0.137 e. The normalized spacial score (nSPS) is 15.7. The Labute approximate surface area is 604 Å². The van der Waals surface area contributed by atoms with Gasteiger partial charge in [-0.1, -0.05) is 267 Å². The highest BCUT2D eigenvalue weighted by atomic mass is 16.5. The third-order valence-electron chi connectivity index (χ3n) is 18.9. The number of fused-ring (bicyclic) bond motifs is 1. The molecule has 10 heteroatoms. The molecule has 0 bridgehead atoms. The number of hydrogen-bond acceptors (Lipinski definition) is 9. The molecule has 2 aliphatic carbocycles. The Morgan fingerprint density at radius 3 is 1.75 bits per heavy atom. The van der Waals surface area contributed by atoms with E-state index in [0.717, 1.165) is 132 Å². The number of nitrogens with zero attached hydrogens (tertiary/aromatic N) is 3. The standard InChI is InChI=1S/C32H46N2O.C14H26N2O.C9H21N.C8H17NO.2C6H14.C4H6O.2C3H8.C2H6/c1-9-13-14-16-24-17-18-29-26(19-24)28(21-32(6,7)11-3)31(34(29)12-4)27-20-25(15-10-2)22-33-30(27)23(5)35-8;1-2-15-9-12-7-8-16(10-12)14(11-17)13-5-3-4-6-13;1-4-9(2)7-5-6-8-10-3;1-4-7(2)5-8(6-10)9-3;1-4-5-6(2)3;1-4-6(3)5-2;5-3-4-1-2-4;2*1-3-2;1-2/h14,16-20,22-23H,9-13,15,21H2,1-8H3;11-15H,2-10H2,1H3;9-10H,4-8H2,1-3H3;6-9H,4-5H2,1-3H3;2*6H,4-5H2,1-3H3;3-4H,1-2H2;2*3H2,1-2H3;1-2H3/b16-14+;;;;;;;;;. The van der Waals surface area contributed by atoms with Gasteiger partial charge in [0.2, 0.25) is 0 Å². The first kappa shape index (κ1) is 99.8. The number of rotatable bonds is 34. The van der Waals surface area contributed by atoms with Gasteiger partial charge < -0.3 is 39.6 Å². The monoisotopic (exact) mass is 1360 g/mol. The number of carbonyl (C=O) groups excluding carboxylic acids is 3. The van der Waals surface area contributed by atoms with Crippen LogP contribution in [0.4, 0.5) is 0 Å². The van der Waals surface area contributed by atoms with E-state index in [9.17, 15) is 14.4 Å². The molecule has 6 atom stereocenters. The number of aryl methyl sites for hydroxylation is 2. The van der Waals surface area contributed by atoms with Gasteiger partial charge in [0.1, 0.15) is 18.9 Å². The van der Waals surface area contributed by atoms with Crippen LogP contribution in [-0.4, -0.2) is 99.3 Å². The van der Waals surface area contributed by atoms with Crippen LogP contribution in [0.5, 0.6) is 0 Å². The molecule has 1 aliphatic heterocycles. The van der Waals surface area contributed by atoms with E-state index in [4.69, 9.17) is 9.72 Å². The molecule has 1 aromatic carbocycles. The first-order valence-corrected chi connectivity index (χ1v) is 40.5. The molecule has 0 radical (unpaired) electrons. The highest BCUT2D eigenvalue weighted by molar-refractivity contribution is 5.94. The first-order valence-electron chi connectivity index (χ1n) is 40.5. The molecule has 3 aromatic rings. The number of aldehydes is 3. The van der Waals surface area contributed by atoms with Crippen molar-refractivity contribution in [2.45, 2.75) is 351 Å². The van der Waals surface area contributed by atoms with Crippen molar-refractivity contribution in [1.29, 1.82) is 0 Å². The van der Waals surface area contributed by atoms with E-state index in [0.29, 0.717) is 17.8 Å². The number of allylic oxidation sites excluding steroid dienone is 1. The molecule has 3 heterocycles. The fourth-order valence-electron chi connectivity index (χ4n) is 11.3. The zero-order chi connectivity index (χ0) is 74.6. The molecule has 6 rings (SSSR count). The lowest BCUT2D eigenvalue weighted by atomic mass is 9.81. The molecule has 10 nitrogen and oxygen atoms in total. The van der Waals surface area contributed by atoms with Gasteiger partial charge >= 0.3 is 0 Å². The van der Waals surface area contributed by atoms with Crippen LogP contribution < -0.4 is 16.0 Å². The summed E-state index contributed by atoms with van der Waals surface area (Å²) >= 11 is 0. The second kappa shape index (κ2) is 65.7. The number of unbranched alkanes of at least 4 members (excludes halogenated alkanes) is 2. The van der Waals surface area contributed by atoms with Crippen LogP contribution in [0.15, 0.2) is 36.5 Å². The van der Waals surface area contributed by atoms with Gasteiger partial charge in [0.05, 0.1) is 29.6 Å². The van der Waals surface area contributed by atoms with E-state index in [-0.39, 0.29) is 23.6 Å². The van der Waals surface area contributed by atoms with Gasteiger partial charge in [0.25, 0.3) is 0 Å². The summed E-state index contributed by atoms with van der Waals surface area (Å²) in [6.45, 7) is 59.4. The molecule has 568 valence electrons. The van der Waals surface area contributed by atoms with Crippen molar-refractivity contribution >= 4 is 35.8 Å². The summed E-state index contributed by atoms with van der Waals surface area (Å²) in [5.74, 6) is 5.25. The highest BCUT2D eigenvalue weighted by Gasteiger charge is 2.34. The van der Waals surface area contributed by atoms with Crippen LogP contribution in [0.1, 0.15) is 342 Å². The summed E-state index contributed by atoms with van der Waals surface area (Å²) in [5.41, 5.74) is 9.13. The number of pyridine rings is 1. The lowest BCUT2D eigenvalue weighted by molar-refractivity contribution is -0.114. The van der Waals surface area contributed by atoms with Crippen molar-refractivity contribution in [3.63, 3.8) is 0 Å². The summed E-state index contributed by atoms with van der Waals surface area (Å²) in [6, 6.07) is 9.63. The molecule has 0 spiro atoms. The van der Waals surface area contributed by atoms with Crippen molar-refractivity contribution in [3.05, 3.63) is 58.9 Å². The number of carbonyl (C=O) groups is 3. The summed E-state index contributed by atoms with van der Waals surface area (Å²) < 4.78 is 8.31. The van der Waals surface area contributed by atoms with E-state index >= 15 is 0 Å². The van der Waals surface area contributed by atoms with E-state index in [1.165, 1.54) is 154 Å². The van der Waals surface area contributed by atoms with E-state index in [1.807, 2.05) is 34.1 Å². The van der Waals surface area contributed by atoms with Crippen LogP contribution in [0.25, 0.3) is 28.2 Å². The van der Waals surface area contributed by atoms with Crippen LogP contribution in [-0.2, 0) is 38.5 Å². The highest BCUT2D eigenvalue weighted by Crippen LogP contribution is 2.42. The molecule has 3 fully saturated rings. The Morgan fingerprint density at radius 2 is 1.33 bits per heavy atom. The average Bonchev–Trinajstić information content (AvgIpc) is 1.60. The quantitative estimate of drug-likeness (QED) is 0.0397. The third kappa shape index (κ3) is 47.3. The third-order valence-corrected chi connectivity index (χ3v) is 18.9. The van der Waals surface area contributed by atoms with Gasteiger partial charge in [0, 0.05) is 48.8 Å². The van der Waals surface area contributed by atoms with Crippen LogP contribution in [0.2, 0.25) is 0 Å². The van der Waals surface area contributed by atoms with Crippen molar-refractivity contribution < 1.29 is 19.1 Å². The van der Waals surface area contributed by atoms with Crippen molar-refractivity contribution in [2.24, 2.45) is 46.8 Å². The summed E-state index contributed by atoms with van der Waals surface area (Å²) in [4.78, 5) is 38.6. The number of ether oxygens (including phenoxy) is 1. The maximum absolute atomic E-state index is 11.3. The Hall–Kier alpha value is -3.54. The number of hydrogen-bond donors (Lipinski definition) is 3. The van der Waals surface area contributed by atoms with Crippen LogP contribution in [0, 0.1) is 46.8 Å². The first-order chi connectivity index (χ1) is 46.5. The van der Waals surface area contributed by atoms with Gasteiger partial charge in [-0.3, -0.25) is 9.88 Å². The molecule has 0 amide bonds. The summed E-state index contributed by atoms with van der Waals surface area (Å²) in [6.07, 6.45) is 40.5. The number of aromatic nitrogens is 2. The Kier molecular flexibility index (Phi) is 67.7. The Balaban J connectivity index is -0.000000579. The van der Waals surface area contributed by atoms with Crippen molar-refractivity contribution in [2.75, 3.05) is 53.9 Å². The molecule has 3 N–H and O–H groups in total. The second-order valence-corrected chi connectivity index (χ2v) is 29.2.